The number of hydrogen-bond donors (Lipinski definition) is 1. The summed E-state index contributed by atoms with van der Waals surface area (Å²) in [5.74, 6) is 1.44. The fourth-order valence-electron chi connectivity index (χ4n) is 2.12. The number of nitriles is 1. The van der Waals surface area contributed by atoms with E-state index in [0.29, 0.717) is 24.7 Å². The van der Waals surface area contributed by atoms with E-state index >= 15 is 0 Å². The van der Waals surface area contributed by atoms with Gasteiger partial charge in [-0.15, -0.1) is 0 Å². The Morgan fingerprint density at radius 2 is 2.00 bits per heavy atom. The summed E-state index contributed by atoms with van der Waals surface area (Å²) in [6.45, 7) is 0.929. The van der Waals surface area contributed by atoms with Crippen LogP contribution >= 0.6 is 0 Å². The van der Waals surface area contributed by atoms with Crippen LogP contribution in [0.1, 0.15) is 17.0 Å². The Morgan fingerprint density at radius 1 is 1.09 bits per heavy atom. The third kappa shape index (κ3) is 4.19. The highest BCUT2D eigenvalue weighted by Crippen LogP contribution is 2.17. The van der Waals surface area contributed by atoms with Gasteiger partial charge >= 0.3 is 0 Å². The topological polar surface area (TPSA) is 71.1 Å². The Labute approximate surface area is 134 Å². The van der Waals surface area contributed by atoms with Crippen molar-refractivity contribution in [2.75, 3.05) is 5.32 Å². The molecule has 0 saturated heterocycles. The number of pyridine rings is 1. The summed E-state index contributed by atoms with van der Waals surface area (Å²) >= 11 is 0. The van der Waals surface area contributed by atoms with Crippen molar-refractivity contribution in [1.29, 1.82) is 5.26 Å². The van der Waals surface area contributed by atoms with Crippen LogP contribution in [0.3, 0.4) is 0 Å². The van der Waals surface area contributed by atoms with Gasteiger partial charge in [0.2, 0.25) is 0 Å². The number of ether oxygens (including phenoxy) is 1. The van der Waals surface area contributed by atoms with Crippen LogP contribution in [0.25, 0.3) is 0 Å². The number of aromatic nitrogens is 1. The first kappa shape index (κ1) is 14.8. The second-order valence-corrected chi connectivity index (χ2v) is 4.92. The van der Waals surface area contributed by atoms with E-state index in [-0.39, 0.29) is 0 Å². The van der Waals surface area contributed by atoms with Gasteiger partial charge in [-0.05, 0) is 42.0 Å². The number of benzene rings is 1. The van der Waals surface area contributed by atoms with E-state index in [1.165, 1.54) is 0 Å². The molecule has 5 heteroatoms. The summed E-state index contributed by atoms with van der Waals surface area (Å²) in [6.07, 6.45) is 1.63. The second kappa shape index (κ2) is 7.25. The molecule has 0 aliphatic rings. The van der Waals surface area contributed by atoms with E-state index in [4.69, 9.17) is 14.4 Å². The van der Waals surface area contributed by atoms with Gasteiger partial charge in [-0.2, -0.15) is 5.26 Å². The molecule has 2 aromatic heterocycles. The summed E-state index contributed by atoms with van der Waals surface area (Å²) < 4.78 is 10.8. The first-order valence-corrected chi connectivity index (χ1v) is 7.17. The molecule has 0 saturated carbocycles. The van der Waals surface area contributed by atoms with Crippen LogP contribution in [0.5, 0.6) is 0 Å². The molecule has 0 fully saturated rings. The maximum absolute atomic E-state index is 8.88. The van der Waals surface area contributed by atoms with Gasteiger partial charge in [0.15, 0.2) is 0 Å². The van der Waals surface area contributed by atoms with Crippen LogP contribution in [0, 0.1) is 11.3 Å². The molecule has 0 aliphatic heterocycles. The Morgan fingerprint density at radius 3 is 2.83 bits per heavy atom. The quantitative estimate of drug-likeness (QED) is 0.745. The number of nitrogens with zero attached hydrogens (tertiary/aromatic N) is 2. The molecule has 114 valence electrons. The summed E-state index contributed by atoms with van der Waals surface area (Å²) in [5, 5.41) is 12.1. The molecule has 3 aromatic rings. The summed E-state index contributed by atoms with van der Waals surface area (Å²) in [6, 6.07) is 18.9. The zero-order valence-electron chi connectivity index (χ0n) is 12.4. The van der Waals surface area contributed by atoms with Crippen molar-refractivity contribution >= 4 is 11.5 Å². The summed E-state index contributed by atoms with van der Waals surface area (Å²) in [4.78, 5) is 4.20. The zero-order chi connectivity index (χ0) is 15.9. The Hall–Kier alpha value is -3.10. The first-order chi connectivity index (χ1) is 11.3. The van der Waals surface area contributed by atoms with E-state index in [0.717, 1.165) is 17.0 Å². The third-order valence-electron chi connectivity index (χ3n) is 3.16. The van der Waals surface area contributed by atoms with E-state index in [1.54, 1.807) is 18.4 Å². The van der Waals surface area contributed by atoms with Crippen molar-refractivity contribution < 1.29 is 9.15 Å². The molecular formula is C18H15N3O2. The molecule has 0 spiro atoms. The molecular weight excluding hydrogens is 290 g/mol. The lowest BCUT2D eigenvalue weighted by molar-refractivity contribution is 0.0930. The van der Waals surface area contributed by atoms with Gasteiger partial charge in [0, 0.05) is 5.69 Å². The third-order valence-corrected chi connectivity index (χ3v) is 3.16. The van der Waals surface area contributed by atoms with E-state index in [9.17, 15) is 0 Å². The highest BCUT2D eigenvalue weighted by Gasteiger charge is 2.01. The van der Waals surface area contributed by atoms with E-state index in [2.05, 4.69) is 10.3 Å². The molecule has 2 heterocycles. The molecule has 1 N–H and O–H groups in total. The van der Waals surface area contributed by atoms with Crippen molar-refractivity contribution in [2.24, 2.45) is 0 Å². The molecule has 3 rings (SSSR count). The summed E-state index contributed by atoms with van der Waals surface area (Å²) in [5.41, 5.74) is 2.32. The smallest absolute Gasteiger partial charge is 0.142 e. The van der Waals surface area contributed by atoms with Gasteiger partial charge < -0.3 is 14.5 Å². The van der Waals surface area contributed by atoms with Gasteiger partial charge in [-0.3, -0.25) is 0 Å². The molecule has 23 heavy (non-hydrogen) atoms. The SMILES string of the molecule is N#Cc1cccc(Nc2cccc(COCc3ccco3)c2)n1. The predicted octanol–water partition coefficient (Wildman–Crippen LogP) is 4.01. The van der Waals surface area contributed by atoms with Crippen LogP contribution in [0.4, 0.5) is 11.5 Å². The van der Waals surface area contributed by atoms with Crippen molar-refractivity contribution in [2.45, 2.75) is 13.2 Å². The normalized spacial score (nSPS) is 10.2. The monoisotopic (exact) mass is 305 g/mol. The lowest BCUT2D eigenvalue weighted by Gasteiger charge is -2.08. The van der Waals surface area contributed by atoms with Gasteiger partial charge in [0.1, 0.15) is 29.9 Å². The fraction of sp³-hybridized carbons (Fsp3) is 0.111. The van der Waals surface area contributed by atoms with Gasteiger partial charge in [0.25, 0.3) is 0 Å². The minimum absolute atomic E-state index is 0.382. The van der Waals surface area contributed by atoms with Crippen molar-refractivity contribution in [1.82, 2.24) is 4.98 Å². The van der Waals surface area contributed by atoms with E-state index < -0.39 is 0 Å². The van der Waals surface area contributed by atoms with Gasteiger partial charge in [-0.25, -0.2) is 4.98 Å². The van der Waals surface area contributed by atoms with Crippen LogP contribution in [-0.4, -0.2) is 4.98 Å². The minimum Gasteiger partial charge on any atom is -0.467 e. The lowest BCUT2D eigenvalue weighted by Crippen LogP contribution is -1.97. The maximum Gasteiger partial charge on any atom is 0.142 e. The van der Waals surface area contributed by atoms with Crippen molar-refractivity contribution in [3.63, 3.8) is 0 Å². The lowest BCUT2D eigenvalue weighted by atomic mass is 10.2. The standard InChI is InChI=1S/C18H15N3O2/c19-11-16-6-2-8-18(21-16)20-15-5-1-4-14(10-15)12-22-13-17-7-3-9-23-17/h1-10H,12-13H2,(H,20,21). The molecule has 5 nitrogen and oxygen atoms in total. The Balaban J connectivity index is 1.61. The second-order valence-electron chi connectivity index (χ2n) is 4.92. The van der Waals surface area contributed by atoms with Gasteiger partial charge in [-0.1, -0.05) is 18.2 Å². The summed E-state index contributed by atoms with van der Waals surface area (Å²) in [7, 11) is 0. The number of anilines is 2. The number of hydrogen-bond acceptors (Lipinski definition) is 5. The van der Waals surface area contributed by atoms with Crippen LogP contribution < -0.4 is 5.32 Å². The number of rotatable bonds is 6. The molecule has 0 radical (unpaired) electrons. The predicted molar refractivity (Wildman–Crippen MR) is 85.9 cm³/mol. The van der Waals surface area contributed by atoms with Crippen molar-refractivity contribution in [3.8, 4) is 6.07 Å². The molecule has 0 unspecified atom stereocenters. The van der Waals surface area contributed by atoms with Crippen LogP contribution in [-0.2, 0) is 18.0 Å². The highest BCUT2D eigenvalue weighted by molar-refractivity contribution is 5.57. The largest absolute Gasteiger partial charge is 0.467 e. The van der Waals surface area contributed by atoms with Crippen LogP contribution in [0.2, 0.25) is 0 Å². The van der Waals surface area contributed by atoms with Gasteiger partial charge in [0.05, 0.1) is 12.9 Å². The maximum atomic E-state index is 8.88. The van der Waals surface area contributed by atoms with Crippen LogP contribution in [0.15, 0.2) is 65.3 Å². The minimum atomic E-state index is 0.382. The number of furan rings is 1. The van der Waals surface area contributed by atoms with E-state index in [1.807, 2.05) is 48.5 Å². The molecule has 0 amide bonds. The Bertz CT molecular complexity index is 807. The zero-order valence-corrected chi connectivity index (χ0v) is 12.4. The molecule has 0 bridgehead atoms. The van der Waals surface area contributed by atoms with Crippen molar-refractivity contribution in [3.05, 3.63) is 77.9 Å². The average molecular weight is 305 g/mol. The molecule has 1 aromatic carbocycles. The highest BCUT2D eigenvalue weighted by atomic mass is 16.5. The average Bonchev–Trinajstić information content (AvgIpc) is 3.09. The fourth-order valence-corrected chi connectivity index (χ4v) is 2.12. The first-order valence-electron chi connectivity index (χ1n) is 7.17. The number of nitrogens with one attached hydrogen (secondary N) is 1. The molecule has 0 aliphatic carbocycles. The Kier molecular flexibility index (Phi) is 4.67. The molecule has 0 atom stereocenters.